The molecule has 0 amide bonds. The van der Waals surface area contributed by atoms with Gasteiger partial charge in [-0.05, 0) is 83.5 Å². The van der Waals surface area contributed by atoms with E-state index in [-0.39, 0.29) is 25.6 Å². The fourth-order valence-electron chi connectivity index (χ4n) is 10.0. The zero-order valence-corrected chi connectivity index (χ0v) is 50.8. The van der Waals surface area contributed by atoms with Crippen LogP contribution in [-0.4, -0.2) is 142 Å². The largest absolute Gasteiger partial charge is 0.457 e. The molecule has 14 nitrogen and oxygen atoms in total. The van der Waals surface area contributed by atoms with E-state index in [1.54, 1.807) is 0 Å². The monoisotopic (exact) mass is 1150 g/mol. The number of carbonyl (C=O) groups excluding carboxylic acids is 1. The molecular formula is C67H118O14. The standard InChI is InChI=1S/C67H118O14/c1-3-5-7-9-11-13-15-17-19-21-23-25-26-27-28-29-31-33-35-37-39-41-43-45-47-49-51-76-53-56(54-77-66-65(75)63(73)61(71)58(81-66)55-78-67-64(74)62(72)60(70)57(52-68)80-67)79-59(69)50-48-46-44-42-40-38-36-34-32-30-24-22-20-18-16-14-12-10-8-6-4-2/h5,7,11,13,16-19,22-25,56-58,60-68,70-75H,3-4,6,8-10,12,14-15,20-21,26-55H2,1-2H3/b7-5-,13-11-,18-16-,19-17-,24-22-,25-23-. The van der Waals surface area contributed by atoms with Gasteiger partial charge in [0.05, 0.1) is 26.4 Å². The first-order chi connectivity index (χ1) is 39.6. The molecule has 2 rings (SSSR count). The zero-order chi connectivity index (χ0) is 58.6. The number of allylic oxidation sites excluding steroid dienone is 12. The number of carbonyl (C=O) groups is 1. The molecule has 0 aliphatic carbocycles. The van der Waals surface area contributed by atoms with E-state index in [0.29, 0.717) is 13.0 Å². The number of hydrogen-bond donors (Lipinski definition) is 7. The highest BCUT2D eigenvalue weighted by molar-refractivity contribution is 5.69. The number of esters is 1. The summed E-state index contributed by atoms with van der Waals surface area (Å²) in [6.07, 6.45) is 52.5. The van der Waals surface area contributed by atoms with E-state index < -0.39 is 80.7 Å². The predicted octanol–water partition coefficient (Wildman–Crippen LogP) is 13.0. The molecule has 2 aliphatic rings. The topological polar surface area (TPSA) is 214 Å². The molecular weight excluding hydrogens is 1030 g/mol. The van der Waals surface area contributed by atoms with Crippen LogP contribution in [0.15, 0.2) is 72.9 Å². The van der Waals surface area contributed by atoms with E-state index in [9.17, 15) is 40.5 Å². The van der Waals surface area contributed by atoms with E-state index in [4.69, 9.17) is 28.4 Å². The highest BCUT2D eigenvalue weighted by atomic mass is 16.7. The number of ether oxygens (including phenoxy) is 6. The molecule has 11 unspecified atom stereocenters. The number of aliphatic hydroxyl groups excluding tert-OH is 7. The fraction of sp³-hybridized carbons (Fsp3) is 0.806. The first kappa shape index (κ1) is 74.5. The van der Waals surface area contributed by atoms with Crippen molar-refractivity contribution in [2.24, 2.45) is 0 Å². The van der Waals surface area contributed by atoms with Crippen molar-refractivity contribution in [3.05, 3.63) is 72.9 Å². The number of aliphatic hydroxyl groups is 7. The molecule has 0 aromatic carbocycles. The number of hydrogen-bond acceptors (Lipinski definition) is 14. The molecule has 2 heterocycles. The van der Waals surface area contributed by atoms with Gasteiger partial charge in [-0.25, -0.2) is 0 Å². The minimum absolute atomic E-state index is 0.0572. The average molecular weight is 1150 g/mol. The smallest absolute Gasteiger partial charge is 0.306 e. The molecule has 11 atom stereocenters. The van der Waals surface area contributed by atoms with Crippen LogP contribution in [0, 0.1) is 0 Å². The minimum Gasteiger partial charge on any atom is -0.457 e. The molecule has 2 fully saturated rings. The van der Waals surface area contributed by atoms with Gasteiger partial charge in [-0.1, -0.05) is 228 Å². The minimum atomic E-state index is -1.71. The van der Waals surface area contributed by atoms with E-state index in [1.807, 2.05) is 0 Å². The van der Waals surface area contributed by atoms with Gasteiger partial charge in [0.2, 0.25) is 0 Å². The van der Waals surface area contributed by atoms with Crippen LogP contribution in [0.3, 0.4) is 0 Å². The second kappa shape index (κ2) is 52.9. The Bertz CT molecular complexity index is 1610. The van der Waals surface area contributed by atoms with Crippen LogP contribution in [0.1, 0.15) is 245 Å². The molecule has 470 valence electrons. The summed E-state index contributed by atoms with van der Waals surface area (Å²) < 4.78 is 34.5. The fourth-order valence-corrected chi connectivity index (χ4v) is 10.0. The average Bonchev–Trinajstić information content (AvgIpc) is 3.60. The van der Waals surface area contributed by atoms with E-state index in [1.165, 1.54) is 141 Å². The molecule has 81 heavy (non-hydrogen) atoms. The Labute approximate surface area is 491 Å². The summed E-state index contributed by atoms with van der Waals surface area (Å²) in [6.45, 7) is 3.59. The lowest BCUT2D eigenvalue weighted by molar-refractivity contribution is -0.332. The third kappa shape index (κ3) is 38.9. The quantitative estimate of drug-likeness (QED) is 0.0172. The van der Waals surface area contributed by atoms with E-state index in [2.05, 4.69) is 86.8 Å². The Hall–Kier alpha value is -2.57. The summed E-state index contributed by atoms with van der Waals surface area (Å²) in [7, 11) is 0. The summed E-state index contributed by atoms with van der Waals surface area (Å²) in [5.74, 6) is -0.380. The van der Waals surface area contributed by atoms with Crippen LogP contribution in [0.4, 0.5) is 0 Å². The highest BCUT2D eigenvalue weighted by Crippen LogP contribution is 2.27. The molecule has 0 radical (unpaired) electrons. The lowest BCUT2D eigenvalue weighted by Gasteiger charge is -2.42. The lowest BCUT2D eigenvalue weighted by atomic mass is 9.98. The van der Waals surface area contributed by atoms with Gasteiger partial charge < -0.3 is 64.2 Å². The molecule has 0 aromatic heterocycles. The van der Waals surface area contributed by atoms with E-state index in [0.717, 1.165) is 77.0 Å². The van der Waals surface area contributed by atoms with Crippen LogP contribution in [0.2, 0.25) is 0 Å². The summed E-state index contributed by atoms with van der Waals surface area (Å²) in [4.78, 5) is 13.1. The number of rotatable bonds is 53. The van der Waals surface area contributed by atoms with Crippen LogP contribution in [0.25, 0.3) is 0 Å². The predicted molar refractivity (Wildman–Crippen MR) is 325 cm³/mol. The molecule has 0 aromatic rings. The highest BCUT2D eigenvalue weighted by Gasteiger charge is 2.47. The summed E-state index contributed by atoms with van der Waals surface area (Å²) >= 11 is 0. The van der Waals surface area contributed by atoms with Crippen molar-refractivity contribution in [2.75, 3.05) is 33.0 Å². The SMILES string of the molecule is CC/C=C\C/C=C\C/C=C\C/C=C\CCCCCCCCCCCCCCCOCC(COC1OC(COC2OC(CO)C(O)C(O)C2O)C(O)C(O)C1O)OC(=O)CCCCCCCCCCC/C=C\C/C=C\CCCCCCC. The van der Waals surface area contributed by atoms with Crippen molar-refractivity contribution < 1.29 is 69.0 Å². The van der Waals surface area contributed by atoms with Gasteiger partial charge in [0, 0.05) is 13.0 Å². The van der Waals surface area contributed by atoms with Gasteiger partial charge in [-0.15, -0.1) is 0 Å². The van der Waals surface area contributed by atoms with Crippen molar-refractivity contribution in [3.8, 4) is 0 Å². The Balaban J connectivity index is 1.67. The molecule has 2 saturated heterocycles. The summed E-state index contributed by atoms with van der Waals surface area (Å²) in [6, 6.07) is 0. The zero-order valence-electron chi connectivity index (χ0n) is 50.8. The van der Waals surface area contributed by atoms with Crippen molar-refractivity contribution in [1.82, 2.24) is 0 Å². The molecule has 14 heteroatoms. The molecule has 0 spiro atoms. The molecule has 0 saturated carbocycles. The second-order valence-electron chi connectivity index (χ2n) is 22.6. The van der Waals surface area contributed by atoms with Crippen molar-refractivity contribution >= 4 is 5.97 Å². The van der Waals surface area contributed by atoms with Crippen LogP contribution in [-0.2, 0) is 33.2 Å². The first-order valence-electron chi connectivity index (χ1n) is 32.5. The van der Waals surface area contributed by atoms with Gasteiger partial charge >= 0.3 is 5.97 Å². The van der Waals surface area contributed by atoms with Crippen LogP contribution in [0.5, 0.6) is 0 Å². The third-order valence-electron chi connectivity index (χ3n) is 15.2. The Kier molecular flexibility index (Phi) is 48.7. The first-order valence-corrected chi connectivity index (χ1v) is 32.5. The van der Waals surface area contributed by atoms with Gasteiger partial charge in [0.1, 0.15) is 54.9 Å². The van der Waals surface area contributed by atoms with Gasteiger partial charge in [-0.3, -0.25) is 4.79 Å². The lowest BCUT2D eigenvalue weighted by Crippen LogP contribution is -2.61. The van der Waals surface area contributed by atoms with Gasteiger partial charge in [-0.2, -0.15) is 0 Å². The summed E-state index contributed by atoms with van der Waals surface area (Å²) in [5, 5.41) is 72.5. The Morgan fingerprint density at radius 2 is 0.802 bits per heavy atom. The Morgan fingerprint density at radius 1 is 0.420 bits per heavy atom. The van der Waals surface area contributed by atoms with Crippen molar-refractivity contribution in [1.29, 1.82) is 0 Å². The summed E-state index contributed by atoms with van der Waals surface area (Å²) in [5.41, 5.74) is 0. The maximum absolute atomic E-state index is 13.1. The van der Waals surface area contributed by atoms with E-state index >= 15 is 0 Å². The van der Waals surface area contributed by atoms with Gasteiger partial charge in [0.15, 0.2) is 12.6 Å². The molecule has 7 N–H and O–H groups in total. The molecule has 0 bridgehead atoms. The van der Waals surface area contributed by atoms with Crippen molar-refractivity contribution in [3.63, 3.8) is 0 Å². The van der Waals surface area contributed by atoms with Crippen molar-refractivity contribution in [2.45, 2.75) is 313 Å². The van der Waals surface area contributed by atoms with Crippen LogP contribution >= 0.6 is 0 Å². The van der Waals surface area contributed by atoms with Crippen LogP contribution < -0.4 is 0 Å². The number of unbranched alkanes of at least 4 members (excludes halogenated alkanes) is 27. The normalized spacial score (nSPS) is 24.2. The third-order valence-corrected chi connectivity index (χ3v) is 15.2. The maximum Gasteiger partial charge on any atom is 0.306 e. The molecule has 2 aliphatic heterocycles. The Morgan fingerprint density at radius 3 is 1.26 bits per heavy atom. The maximum atomic E-state index is 13.1. The van der Waals surface area contributed by atoms with Gasteiger partial charge in [0.25, 0.3) is 0 Å². The second-order valence-corrected chi connectivity index (χ2v) is 22.6.